The fourth-order valence-electron chi connectivity index (χ4n) is 1.46. The Morgan fingerprint density at radius 2 is 2.53 bits per heavy atom. The first-order chi connectivity index (χ1) is 8.26. The minimum absolute atomic E-state index is 0.0641. The van der Waals surface area contributed by atoms with Gasteiger partial charge in [0.25, 0.3) is 0 Å². The van der Waals surface area contributed by atoms with Gasteiger partial charge in [0.05, 0.1) is 12.8 Å². The molecule has 2 rings (SSSR count). The van der Waals surface area contributed by atoms with Crippen molar-refractivity contribution in [3.63, 3.8) is 0 Å². The van der Waals surface area contributed by atoms with Gasteiger partial charge in [0.2, 0.25) is 5.90 Å². The van der Waals surface area contributed by atoms with Gasteiger partial charge in [0.15, 0.2) is 0 Å². The molecule has 0 spiro atoms. The monoisotopic (exact) mass is 245 g/mol. The summed E-state index contributed by atoms with van der Waals surface area (Å²) in [5, 5.41) is 16.0. The van der Waals surface area contributed by atoms with Crippen LogP contribution in [0.5, 0.6) is 0 Å². The molecule has 4 nitrogen and oxygen atoms in total. The third kappa shape index (κ3) is 2.22. The Balaban J connectivity index is 2.45. The second-order valence-electron chi connectivity index (χ2n) is 3.32. The van der Waals surface area contributed by atoms with Crippen LogP contribution in [0.2, 0.25) is 0 Å². The van der Waals surface area contributed by atoms with Crippen LogP contribution >= 0.6 is 11.3 Å². The Morgan fingerprint density at radius 1 is 1.71 bits per heavy atom. The summed E-state index contributed by atoms with van der Waals surface area (Å²) in [6, 6.07) is 3.79. The van der Waals surface area contributed by atoms with E-state index >= 15 is 0 Å². The maximum absolute atomic E-state index is 7.69. The predicted octanol–water partition coefficient (Wildman–Crippen LogP) is 2.22. The van der Waals surface area contributed by atoms with Crippen molar-refractivity contribution in [3.05, 3.63) is 28.6 Å². The van der Waals surface area contributed by atoms with Gasteiger partial charge in [0.1, 0.15) is 12.2 Å². The third-order valence-corrected chi connectivity index (χ3v) is 2.96. The molecule has 0 aromatic carbocycles. The van der Waals surface area contributed by atoms with Crippen LogP contribution in [0, 0.1) is 17.8 Å². The van der Waals surface area contributed by atoms with E-state index in [2.05, 4.69) is 11.0 Å². The first-order valence-electron chi connectivity index (χ1n) is 4.93. The number of ether oxygens (including phenoxy) is 1. The first kappa shape index (κ1) is 11.4. The molecule has 0 fully saturated rings. The van der Waals surface area contributed by atoms with E-state index in [1.807, 2.05) is 22.9 Å². The van der Waals surface area contributed by atoms with E-state index in [0.29, 0.717) is 12.2 Å². The van der Waals surface area contributed by atoms with Gasteiger partial charge < -0.3 is 4.74 Å². The maximum atomic E-state index is 7.69. The lowest BCUT2D eigenvalue weighted by molar-refractivity contribution is 0.396. The number of hydrogen-bond acceptors (Lipinski definition) is 4. The minimum atomic E-state index is 0.0641. The van der Waals surface area contributed by atoms with Crippen molar-refractivity contribution in [2.45, 2.75) is 6.54 Å². The number of rotatable bonds is 3. The average molecular weight is 245 g/mol. The molecule has 0 saturated carbocycles. The minimum Gasteiger partial charge on any atom is -0.480 e. The third-order valence-electron chi connectivity index (χ3n) is 2.27. The van der Waals surface area contributed by atoms with E-state index in [-0.39, 0.29) is 5.90 Å². The number of terminal acetylenes is 1. The van der Waals surface area contributed by atoms with Crippen LogP contribution in [0.1, 0.15) is 5.69 Å². The van der Waals surface area contributed by atoms with Crippen molar-refractivity contribution < 1.29 is 4.74 Å². The van der Waals surface area contributed by atoms with E-state index in [0.717, 1.165) is 11.3 Å². The number of aromatic nitrogens is 2. The Kier molecular flexibility index (Phi) is 3.26. The second kappa shape index (κ2) is 4.85. The van der Waals surface area contributed by atoms with Crippen LogP contribution in [-0.4, -0.2) is 22.8 Å². The van der Waals surface area contributed by atoms with Gasteiger partial charge >= 0.3 is 0 Å². The lowest BCUT2D eigenvalue weighted by Gasteiger charge is -2.03. The van der Waals surface area contributed by atoms with Gasteiger partial charge in [0, 0.05) is 10.9 Å². The summed E-state index contributed by atoms with van der Waals surface area (Å²) in [7, 11) is 1.46. The summed E-state index contributed by atoms with van der Waals surface area (Å²) < 4.78 is 6.51. The quantitative estimate of drug-likeness (QED) is 0.512. The largest absolute Gasteiger partial charge is 0.480 e. The normalized spacial score (nSPS) is 9.88. The van der Waals surface area contributed by atoms with E-state index < -0.39 is 0 Å². The van der Waals surface area contributed by atoms with Crippen LogP contribution in [0.25, 0.3) is 11.3 Å². The average Bonchev–Trinajstić information content (AvgIpc) is 2.96. The maximum Gasteiger partial charge on any atom is 0.231 e. The van der Waals surface area contributed by atoms with E-state index in [4.69, 9.17) is 16.6 Å². The molecule has 0 radical (unpaired) electrons. The number of hydrogen-bond donors (Lipinski definition) is 1. The fraction of sp³-hybridized carbons (Fsp3) is 0.167. The molecule has 0 aliphatic heterocycles. The molecule has 5 heteroatoms. The molecule has 0 aliphatic carbocycles. The highest BCUT2D eigenvalue weighted by Crippen LogP contribution is 2.22. The summed E-state index contributed by atoms with van der Waals surface area (Å²) in [6.07, 6.45) is 5.28. The van der Waals surface area contributed by atoms with Crippen molar-refractivity contribution >= 4 is 17.2 Å². The van der Waals surface area contributed by atoms with Crippen LogP contribution < -0.4 is 0 Å². The number of thiophene rings is 1. The van der Waals surface area contributed by atoms with Crippen molar-refractivity contribution in [2.75, 3.05) is 7.11 Å². The lowest BCUT2D eigenvalue weighted by Crippen LogP contribution is -2.11. The zero-order valence-corrected chi connectivity index (χ0v) is 10.1. The van der Waals surface area contributed by atoms with Gasteiger partial charge in [-0.15, -0.1) is 6.42 Å². The summed E-state index contributed by atoms with van der Waals surface area (Å²) in [5.74, 6) is 2.58. The summed E-state index contributed by atoms with van der Waals surface area (Å²) in [4.78, 5) is 0. The highest BCUT2D eigenvalue weighted by molar-refractivity contribution is 7.08. The summed E-state index contributed by atoms with van der Waals surface area (Å²) in [6.45, 7) is 0.325. The lowest BCUT2D eigenvalue weighted by atomic mass is 10.2. The Hall–Kier alpha value is -2.06. The molecule has 2 aromatic heterocycles. The molecule has 0 unspecified atom stereocenters. The highest BCUT2D eigenvalue weighted by atomic mass is 32.1. The van der Waals surface area contributed by atoms with Gasteiger partial charge in [-0.05, 0) is 17.5 Å². The molecule has 0 bridgehead atoms. The van der Waals surface area contributed by atoms with Gasteiger partial charge in [-0.25, -0.2) is 4.68 Å². The molecule has 2 aromatic rings. The van der Waals surface area contributed by atoms with Crippen molar-refractivity contribution in [2.24, 2.45) is 0 Å². The summed E-state index contributed by atoms with van der Waals surface area (Å²) >= 11 is 1.60. The molecule has 2 heterocycles. The van der Waals surface area contributed by atoms with Crippen molar-refractivity contribution in [1.82, 2.24) is 9.78 Å². The zero-order valence-electron chi connectivity index (χ0n) is 9.30. The fourth-order valence-corrected chi connectivity index (χ4v) is 2.11. The SMILES string of the molecule is C#CCn1nc(-c2ccsc2)cc1C(=N)OC. The van der Waals surface area contributed by atoms with Crippen LogP contribution in [-0.2, 0) is 11.3 Å². The van der Waals surface area contributed by atoms with Crippen LogP contribution in [0.4, 0.5) is 0 Å². The Bertz CT molecular complexity index is 563. The number of nitrogens with one attached hydrogen (secondary N) is 1. The summed E-state index contributed by atoms with van der Waals surface area (Å²) in [5.41, 5.74) is 2.42. The first-order valence-corrected chi connectivity index (χ1v) is 5.87. The molecule has 86 valence electrons. The van der Waals surface area contributed by atoms with Gasteiger partial charge in [-0.1, -0.05) is 5.92 Å². The topological polar surface area (TPSA) is 50.9 Å². The predicted molar refractivity (Wildman–Crippen MR) is 68.2 cm³/mol. The molecule has 17 heavy (non-hydrogen) atoms. The number of methoxy groups -OCH3 is 1. The van der Waals surface area contributed by atoms with E-state index in [9.17, 15) is 0 Å². The van der Waals surface area contributed by atoms with E-state index in [1.165, 1.54) is 7.11 Å². The number of nitrogens with zero attached hydrogens (tertiary/aromatic N) is 2. The molecule has 0 amide bonds. The van der Waals surface area contributed by atoms with Crippen LogP contribution in [0.15, 0.2) is 22.9 Å². The molecular formula is C12H11N3OS. The molecular weight excluding hydrogens is 234 g/mol. The van der Waals surface area contributed by atoms with Gasteiger partial charge in [-0.2, -0.15) is 16.4 Å². The smallest absolute Gasteiger partial charge is 0.231 e. The van der Waals surface area contributed by atoms with Crippen molar-refractivity contribution in [1.29, 1.82) is 5.41 Å². The zero-order chi connectivity index (χ0) is 12.3. The van der Waals surface area contributed by atoms with E-state index in [1.54, 1.807) is 16.0 Å². The Morgan fingerprint density at radius 3 is 3.12 bits per heavy atom. The second-order valence-corrected chi connectivity index (χ2v) is 4.10. The van der Waals surface area contributed by atoms with Crippen molar-refractivity contribution in [3.8, 4) is 23.6 Å². The van der Waals surface area contributed by atoms with Gasteiger partial charge in [-0.3, -0.25) is 5.41 Å². The van der Waals surface area contributed by atoms with Crippen LogP contribution in [0.3, 0.4) is 0 Å². The highest BCUT2D eigenvalue weighted by Gasteiger charge is 2.13. The Labute approximate surface area is 103 Å². The molecule has 0 saturated heterocycles. The molecule has 0 atom stereocenters. The standard InChI is InChI=1S/C12H11N3OS/c1-3-5-15-11(12(13)16-2)7-10(14-15)9-4-6-17-8-9/h1,4,6-8,13H,5H2,2H3. The molecule has 1 N–H and O–H groups in total. The molecule has 0 aliphatic rings.